The van der Waals surface area contributed by atoms with Gasteiger partial charge in [0.05, 0.1) is 6.04 Å². The SMILES string of the molecule is CC[C@H](N)C(=O)NCCc1cc(F)cc(F)c1. The Morgan fingerprint density at radius 2 is 1.94 bits per heavy atom. The van der Waals surface area contributed by atoms with Crippen LogP contribution in [-0.2, 0) is 11.2 Å². The van der Waals surface area contributed by atoms with Gasteiger partial charge in [0, 0.05) is 12.6 Å². The van der Waals surface area contributed by atoms with Gasteiger partial charge < -0.3 is 11.1 Å². The molecule has 3 N–H and O–H groups in total. The van der Waals surface area contributed by atoms with Crippen molar-refractivity contribution >= 4 is 5.91 Å². The van der Waals surface area contributed by atoms with Crippen LogP contribution in [0.4, 0.5) is 8.78 Å². The fourth-order valence-electron chi connectivity index (χ4n) is 1.40. The zero-order valence-electron chi connectivity index (χ0n) is 9.67. The molecule has 1 rings (SSSR count). The molecule has 0 aliphatic carbocycles. The van der Waals surface area contributed by atoms with E-state index in [9.17, 15) is 13.6 Å². The lowest BCUT2D eigenvalue weighted by Gasteiger charge is -2.09. The average molecular weight is 242 g/mol. The number of nitrogens with one attached hydrogen (secondary N) is 1. The largest absolute Gasteiger partial charge is 0.354 e. The van der Waals surface area contributed by atoms with Gasteiger partial charge in [-0.1, -0.05) is 6.92 Å². The van der Waals surface area contributed by atoms with Crippen molar-refractivity contribution in [2.24, 2.45) is 5.73 Å². The van der Waals surface area contributed by atoms with Gasteiger partial charge in [0.25, 0.3) is 0 Å². The van der Waals surface area contributed by atoms with Crippen LogP contribution in [0.5, 0.6) is 0 Å². The van der Waals surface area contributed by atoms with Crippen LogP contribution in [0.1, 0.15) is 18.9 Å². The Hall–Kier alpha value is -1.49. The third kappa shape index (κ3) is 4.48. The Kier molecular flexibility index (Phi) is 5.03. The predicted molar refractivity (Wildman–Crippen MR) is 61.3 cm³/mol. The number of carbonyl (C=O) groups is 1. The Bertz CT molecular complexity index is 376. The number of hydrogen-bond acceptors (Lipinski definition) is 2. The highest BCUT2D eigenvalue weighted by Crippen LogP contribution is 2.08. The second-order valence-corrected chi connectivity index (χ2v) is 3.83. The molecule has 5 heteroatoms. The molecule has 0 unspecified atom stereocenters. The normalized spacial score (nSPS) is 12.2. The third-order valence-electron chi connectivity index (χ3n) is 2.41. The molecular formula is C12H16F2N2O. The van der Waals surface area contributed by atoms with Crippen molar-refractivity contribution in [3.05, 3.63) is 35.4 Å². The van der Waals surface area contributed by atoms with Gasteiger partial charge in [-0.2, -0.15) is 0 Å². The van der Waals surface area contributed by atoms with Crippen molar-refractivity contribution in [1.29, 1.82) is 0 Å². The molecule has 1 atom stereocenters. The van der Waals surface area contributed by atoms with Crippen LogP contribution in [0.25, 0.3) is 0 Å². The minimum absolute atomic E-state index is 0.246. The minimum atomic E-state index is -0.614. The molecular weight excluding hydrogens is 226 g/mol. The van der Waals surface area contributed by atoms with E-state index in [0.29, 0.717) is 24.9 Å². The number of amides is 1. The predicted octanol–water partition coefficient (Wildman–Crippen LogP) is 1.36. The molecule has 17 heavy (non-hydrogen) atoms. The fourth-order valence-corrected chi connectivity index (χ4v) is 1.40. The zero-order chi connectivity index (χ0) is 12.8. The topological polar surface area (TPSA) is 55.1 Å². The monoisotopic (exact) mass is 242 g/mol. The molecule has 0 saturated carbocycles. The van der Waals surface area contributed by atoms with Gasteiger partial charge in [0.2, 0.25) is 5.91 Å². The van der Waals surface area contributed by atoms with E-state index in [1.54, 1.807) is 0 Å². The lowest BCUT2D eigenvalue weighted by molar-refractivity contribution is -0.122. The summed E-state index contributed by atoms with van der Waals surface area (Å²) < 4.78 is 25.7. The average Bonchev–Trinajstić information content (AvgIpc) is 2.26. The third-order valence-corrected chi connectivity index (χ3v) is 2.41. The van der Waals surface area contributed by atoms with Crippen LogP contribution < -0.4 is 11.1 Å². The van der Waals surface area contributed by atoms with Crippen molar-refractivity contribution in [2.45, 2.75) is 25.8 Å². The Labute approximate surface area is 99.0 Å². The maximum atomic E-state index is 12.8. The molecule has 0 fully saturated rings. The van der Waals surface area contributed by atoms with E-state index in [1.807, 2.05) is 6.92 Å². The van der Waals surface area contributed by atoms with E-state index in [2.05, 4.69) is 5.32 Å². The van der Waals surface area contributed by atoms with Crippen LogP contribution >= 0.6 is 0 Å². The molecule has 0 aliphatic heterocycles. The number of hydrogen-bond donors (Lipinski definition) is 2. The molecule has 94 valence electrons. The summed E-state index contributed by atoms with van der Waals surface area (Å²) in [6, 6.07) is 2.78. The summed E-state index contributed by atoms with van der Waals surface area (Å²) in [6.45, 7) is 2.13. The van der Waals surface area contributed by atoms with E-state index in [1.165, 1.54) is 12.1 Å². The molecule has 1 aromatic rings. The minimum Gasteiger partial charge on any atom is -0.354 e. The van der Waals surface area contributed by atoms with Gasteiger partial charge in [-0.3, -0.25) is 4.79 Å². The quantitative estimate of drug-likeness (QED) is 0.819. The molecule has 0 bridgehead atoms. The van der Waals surface area contributed by atoms with Gasteiger partial charge in [0.15, 0.2) is 0 Å². The molecule has 1 aromatic carbocycles. The summed E-state index contributed by atoms with van der Waals surface area (Å²) >= 11 is 0. The van der Waals surface area contributed by atoms with Gasteiger partial charge in [-0.25, -0.2) is 8.78 Å². The van der Waals surface area contributed by atoms with Gasteiger partial charge in [-0.15, -0.1) is 0 Å². The first-order chi connectivity index (χ1) is 8.02. The molecule has 0 heterocycles. The summed E-state index contributed by atoms with van der Waals surface area (Å²) in [4.78, 5) is 11.3. The van der Waals surface area contributed by atoms with Crippen molar-refractivity contribution in [3.63, 3.8) is 0 Å². The fraction of sp³-hybridized carbons (Fsp3) is 0.417. The Morgan fingerprint density at radius 1 is 1.35 bits per heavy atom. The second-order valence-electron chi connectivity index (χ2n) is 3.83. The van der Waals surface area contributed by atoms with E-state index in [4.69, 9.17) is 5.73 Å². The highest BCUT2D eigenvalue weighted by molar-refractivity contribution is 5.81. The van der Waals surface area contributed by atoms with Crippen molar-refractivity contribution in [1.82, 2.24) is 5.32 Å². The smallest absolute Gasteiger partial charge is 0.236 e. The Balaban J connectivity index is 2.43. The molecule has 0 radical (unpaired) electrons. The van der Waals surface area contributed by atoms with E-state index in [0.717, 1.165) is 6.07 Å². The maximum absolute atomic E-state index is 12.8. The first-order valence-electron chi connectivity index (χ1n) is 5.51. The first kappa shape index (κ1) is 13.6. The number of nitrogens with two attached hydrogens (primary N) is 1. The van der Waals surface area contributed by atoms with Crippen LogP contribution in [-0.4, -0.2) is 18.5 Å². The molecule has 1 amide bonds. The van der Waals surface area contributed by atoms with Crippen LogP contribution in [0, 0.1) is 11.6 Å². The van der Waals surface area contributed by atoms with Crippen molar-refractivity contribution in [3.8, 4) is 0 Å². The number of carbonyl (C=O) groups excluding carboxylic acids is 1. The lowest BCUT2D eigenvalue weighted by atomic mass is 10.1. The van der Waals surface area contributed by atoms with Crippen LogP contribution in [0.2, 0.25) is 0 Å². The number of halogens is 2. The van der Waals surface area contributed by atoms with E-state index >= 15 is 0 Å². The molecule has 0 saturated heterocycles. The first-order valence-corrected chi connectivity index (χ1v) is 5.51. The maximum Gasteiger partial charge on any atom is 0.236 e. The van der Waals surface area contributed by atoms with Gasteiger partial charge >= 0.3 is 0 Å². The van der Waals surface area contributed by atoms with Crippen molar-refractivity contribution < 1.29 is 13.6 Å². The zero-order valence-corrected chi connectivity index (χ0v) is 9.67. The standard InChI is InChI=1S/C12H16F2N2O/c1-2-11(15)12(17)16-4-3-8-5-9(13)7-10(14)6-8/h5-7,11H,2-4,15H2,1H3,(H,16,17)/t11-/m0/s1. The summed E-state index contributed by atoms with van der Waals surface area (Å²) in [5.74, 6) is -1.47. The summed E-state index contributed by atoms with van der Waals surface area (Å²) in [7, 11) is 0. The number of rotatable bonds is 5. The Morgan fingerprint density at radius 3 is 2.47 bits per heavy atom. The highest BCUT2D eigenvalue weighted by Gasteiger charge is 2.09. The lowest BCUT2D eigenvalue weighted by Crippen LogP contribution is -2.40. The van der Waals surface area contributed by atoms with Crippen LogP contribution in [0.3, 0.4) is 0 Å². The van der Waals surface area contributed by atoms with E-state index in [-0.39, 0.29) is 5.91 Å². The molecule has 0 spiro atoms. The van der Waals surface area contributed by atoms with Crippen molar-refractivity contribution in [2.75, 3.05) is 6.54 Å². The summed E-state index contributed by atoms with van der Waals surface area (Å²) in [6.07, 6.45) is 0.928. The van der Waals surface area contributed by atoms with E-state index < -0.39 is 17.7 Å². The second kappa shape index (κ2) is 6.30. The molecule has 0 aliphatic rings. The molecule has 0 aromatic heterocycles. The summed E-state index contributed by atoms with van der Waals surface area (Å²) in [5, 5.41) is 2.61. The van der Waals surface area contributed by atoms with Crippen LogP contribution in [0.15, 0.2) is 18.2 Å². The molecule has 3 nitrogen and oxygen atoms in total. The number of benzene rings is 1. The summed E-state index contributed by atoms with van der Waals surface area (Å²) in [5.41, 5.74) is 6.02. The van der Waals surface area contributed by atoms with Gasteiger partial charge in [0.1, 0.15) is 11.6 Å². The highest BCUT2D eigenvalue weighted by atomic mass is 19.1. The van der Waals surface area contributed by atoms with Gasteiger partial charge in [-0.05, 0) is 30.5 Å².